The normalized spacial score (nSPS) is 24.4. The topological polar surface area (TPSA) is 51.0 Å². The fourth-order valence-corrected chi connectivity index (χ4v) is 3.29. The van der Waals surface area contributed by atoms with Gasteiger partial charge in [0.2, 0.25) is 5.89 Å². The van der Waals surface area contributed by atoms with E-state index < -0.39 is 0 Å². The molecule has 1 unspecified atom stereocenters. The molecule has 0 aliphatic heterocycles. The van der Waals surface area contributed by atoms with Crippen LogP contribution in [0.2, 0.25) is 0 Å². The minimum atomic E-state index is 0.398. The van der Waals surface area contributed by atoms with Crippen LogP contribution in [0.25, 0.3) is 0 Å². The maximum Gasteiger partial charge on any atom is 0.228 e. The van der Waals surface area contributed by atoms with Crippen LogP contribution in [0.1, 0.15) is 77.4 Å². The van der Waals surface area contributed by atoms with Crippen molar-refractivity contribution in [2.75, 3.05) is 6.54 Å². The van der Waals surface area contributed by atoms with E-state index in [0.29, 0.717) is 12.0 Å². The SMILES string of the molecule is CCCNC(C)Cc1nc(C2CCC(C(C)C)CC2)no1. The number of aromatic nitrogens is 2. The summed E-state index contributed by atoms with van der Waals surface area (Å²) in [6.45, 7) is 10.1. The van der Waals surface area contributed by atoms with E-state index in [2.05, 4.69) is 43.2 Å². The minimum Gasteiger partial charge on any atom is -0.339 e. The van der Waals surface area contributed by atoms with Crippen molar-refractivity contribution in [2.24, 2.45) is 11.8 Å². The molecule has 2 rings (SSSR count). The van der Waals surface area contributed by atoms with Gasteiger partial charge in [0.1, 0.15) is 0 Å². The summed E-state index contributed by atoms with van der Waals surface area (Å²) in [6.07, 6.45) is 7.02. The fourth-order valence-electron chi connectivity index (χ4n) is 3.29. The average Bonchev–Trinajstić information content (AvgIpc) is 2.93. The maximum absolute atomic E-state index is 5.44. The van der Waals surface area contributed by atoms with E-state index >= 15 is 0 Å². The standard InChI is InChI=1S/C17H31N3O/c1-5-10-18-13(4)11-16-19-17(20-21-16)15-8-6-14(7-9-15)12(2)3/h12-15,18H,5-11H2,1-4H3. The van der Waals surface area contributed by atoms with Gasteiger partial charge < -0.3 is 9.84 Å². The Kier molecular flexibility index (Phi) is 6.22. The molecule has 1 aromatic rings. The molecule has 21 heavy (non-hydrogen) atoms. The van der Waals surface area contributed by atoms with Crippen molar-refractivity contribution in [3.05, 3.63) is 11.7 Å². The average molecular weight is 293 g/mol. The molecule has 1 aliphatic rings. The first-order chi connectivity index (χ1) is 10.1. The van der Waals surface area contributed by atoms with Gasteiger partial charge in [0.15, 0.2) is 5.82 Å². The molecule has 1 aliphatic carbocycles. The van der Waals surface area contributed by atoms with E-state index in [-0.39, 0.29) is 0 Å². The lowest BCUT2D eigenvalue weighted by Crippen LogP contribution is -2.28. The Labute approximate surface area is 129 Å². The van der Waals surface area contributed by atoms with Crippen molar-refractivity contribution in [2.45, 2.75) is 78.2 Å². The summed E-state index contributed by atoms with van der Waals surface area (Å²) >= 11 is 0. The first-order valence-electron chi connectivity index (χ1n) is 8.66. The van der Waals surface area contributed by atoms with Crippen LogP contribution in [-0.2, 0) is 6.42 Å². The van der Waals surface area contributed by atoms with Crippen molar-refractivity contribution in [3.8, 4) is 0 Å². The molecule has 120 valence electrons. The van der Waals surface area contributed by atoms with Crippen LogP contribution in [0.4, 0.5) is 0 Å². The Bertz CT molecular complexity index is 408. The van der Waals surface area contributed by atoms with Crippen LogP contribution in [0.5, 0.6) is 0 Å². The third-order valence-electron chi connectivity index (χ3n) is 4.79. The van der Waals surface area contributed by atoms with E-state index in [4.69, 9.17) is 4.52 Å². The van der Waals surface area contributed by atoms with E-state index in [1.807, 2.05) is 0 Å². The van der Waals surface area contributed by atoms with Gasteiger partial charge in [-0.25, -0.2) is 0 Å². The number of rotatable bonds is 7. The molecule has 1 fully saturated rings. The summed E-state index contributed by atoms with van der Waals surface area (Å²) in [4.78, 5) is 4.63. The van der Waals surface area contributed by atoms with Gasteiger partial charge in [-0.15, -0.1) is 0 Å². The fraction of sp³-hybridized carbons (Fsp3) is 0.882. The number of nitrogens with one attached hydrogen (secondary N) is 1. The van der Waals surface area contributed by atoms with E-state index in [0.717, 1.165) is 42.9 Å². The first kappa shape index (κ1) is 16.5. The molecule has 0 saturated heterocycles. The van der Waals surface area contributed by atoms with Crippen LogP contribution >= 0.6 is 0 Å². The molecule has 1 saturated carbocycles. The van der Waals surface area contributed by atoms with Crippen LogP contribution in [0, 0.1) is 11.8 Å². The number of hydrogen-bond acceptors (Lipinski definition) is 4. The van der Waals surface area contributed by atoms with Crippen LogP contribution in [0.15, 0.2) is 4.52 Å². The molecule has 4 heteroatoms. The van der Waals surface area contributed by atoms with E-state index in [1.54, 1.807) is 0 Å². The highest BCUT2D eigenvalue weighted by Crippen LogP contribution is 2.37. The highest BCUT2D eigenvalue weighted by Gasteiger charge is 2.27. The summed E-state index contributed by atoms with van der Waals surface area (Å²) < 4.78 is 5.44. The summed E-state index contributed by atoms with van der Waals surface area (Å²) in [7, 11) is 0. The monoisotopic (exact) mass is 293 g/mol. The van der Waals surface area contributed by atoms with Crippen LogP contribution < -0.4 is 5.32 Å². The lowest BCUT2D eigenvalue weighted by Gasteiger charge is -2.29. The van der Waals surface area contributed by atoms with Gasteiger partial charge in [0.25, 0.3) is 0 Å². The molecule has 0 aromatic carbocycles. The van der Waals surface area contributed by atoms with E-state index in [1.165, 1.54) is 25.7 Å². The molecule has 1 atom stereocenters. The second kappa shape index (κ2) is 7.92. The van der Waals surface area contributed by atoms with Gasteiger partial charge >= 0.3 is 0 Å². The second-order valence-corrected chi connectivity index (χ2v) is 6.96. The predicted molar refractivity (Wildman–Crippen MR) is 85.3 cm³/mol. The van der Waals surface area contributed by atoms with Crippen LogP contribution in [-0.4, -0.2) is 22.7 Å². The van der Waals surface area contributed by atoms with Gasteiger partial charge in [-0.2, -0.15) is 4.98 Å². The molecular weight excluding hydrogens is 262 g/mol. The zero-order valence-corrected chi connectivity index (χ0v) is 14.1. The van der Waals surface area contributed by atoms with Gasteiger partial charge in [0, 0.05) is 18.4 Å². The van der Waals surface area contributed by atoms with Crippen molar-refractivity contribution >= 4 is 0 Å². The smallest absolute Gasteiger partial charge is 0.228 e. The minimum absolute atomic E-state index is 0.398. The molecule has 0 bridgehead atoms. The Morgan fingerprint density at radius 1 is 1.19 bits per heavy atom. The number of nitrogens with zero attached hydrogens (tertiary/aromatic N) is 2. The summed E-state index contributed by atoms with van der Waals surface area (Å²) in [5.41, 5.74) is 0. The molecule has 0 radical (unpaired) electrons. The summed E-state index contributed by atoms with van der Waals surface area (Å²) in [5.74, 6) is 3.92. The quantitative estimate of drug-likeness (QED) is 0.827. The lowest BCUT2D eigenvalue weighted by molar-refractivity contribution is 0.251. The molecule has 4 nitrogen and oxygen atoms in total. The molecule has 0 amide bonds. The Morgan fingerprint density at radius 3 is 2.52 bits per heavy atom. The van der Waals surface area contributed by atoms with Crippen molar-refractivity contribution < 1.29 is 4.52 Å². The molecular formula is C17H31N3O. The third kappa shape index (κ3) is 4.80. The lowest BCUT2D eigenvalue weighted by atomic mass is 9.77. The van der Waals surface area contributed by atoms with Crippen molar-refractivity contribution in [1.82, 2.24) is 15.5 Å². The van der Waals surface area contributed by atoms with Crippen molar-refractivity contribution in [1.29, 1.82) is 0 Å². The van der Waals surface area contributed by atoms with Gasteiger partial charge in [0.05, 0.1) is 0 Å². The number of hydrogen-bond donors (Lipinski definition) is 1. The highest BCUT2D eigenvalue weighted by molar-refractivity contribution is 4.98. The molecule has 1 N–H and O–H groups in total. The third-order valence-corrected chi connectivity index (χ3v) is 4.79. The predicted octanol–water partition coefficient (Wildman–Crippen LogP) is 3.93. The molecule has 0 spiro atoms. The first-order valence-corrected chi connectivity index (χ1v) is 8.66. The zero-order chi connectivity index (χ0) is 15.2. The van der Waals surface area contributed by atoms with Gasteiger partial charge in [-0.1, -0.05) is 25.9 Å². The maximum atomic E-state index is 5.44. The second-order valence-electron chi connectivity index (χ2n) is 6.96. The van der Waals surface area contributed by atoms with E-state index in [9.17, 15) is 0 Å². The Hall–Kier alpha value is -0.900. The van der Waals surface area contributed by atoms with Gasteiger partial charge in [-0.3, -0.25) is 0 Å². The Morgan fingerprint density at radius 2 is 1.90 bits per heavy atom. The molecule has 1 heterocycles. The summed E-state index contributed by atoms with van der Waals surface area (Å²) in [6, 6.07) is 0.398. The Balaban J connectivity index is 1.83. The highest BCUT2D eigenvalue weighted by atomic mass is 16.5. The zero-order valence-electron chi connectivity index (χ0n) is 14.1. The van der Waals surface area contributed by atoms with Crippen LogP contribution in [0.3, 0.4) is 0 Å². The molecule has 1 aromatic heterocycles. The largest absolute Gasteiger partial charge is 0.339 e. The van der Waals surface area contributed by atoms with Gasteiger partial charge in [-0.05, 0) is 57.4 Å². The summed E-state index contributed by atoms with van der Waals surface area (Å²) in [5, 5.41) is 7.69. The van der Waals surface area contributed by atoms with Crippen molar-refractivity contribution in [3.63, 3.8) is 0 Å².